The van der Waals surface area contributed by atoms with Crippen LogP contribution in [0.1, 0.15) is 19.8 Å². The monoisotopic (exact) mass is 202 g/mol. The quantitative estimate of drug-likeness (QED) is 0.651. The zero-order valence-corrected chi connectivity index (χ0v) is 8.47. The molecule has 4 heteroatoms. The Morgan fingerprint density at radius 2 is 2.31 bits per heavy atom. The van der Waals surface area contributed by atoms with Crippen molar-refractivity contribution in [3.63, 3.8) is 0 Å². The average Bonchev–Trinajstić information content (AvgIpc) is 2.42. The Labute approximate surface area is 79.1 Å². The highest BCUT2D eigenvalue weighted by Crippen LogP contribution is 2.22. The predicted octanol–water partition coefficient (Wildman–Crippen LogP) is 0.195. The Kier molecular flexibility index (Phi) is 3.34. The van der Waals surface area contributed by atoms with Crippen LogP contribution in [0.2, 0.25) is 0 Å². The van der Waals surface area contributed by atoms with E-state index in [1.807, 2.05) is 0 Å². The molecule has 0 aromatic rings. The highest BCUT2D eigenvalue weighted by Gasteiger charge is 2.32. The van der Waals surface area contributed by atoms with E-state index in [2.05, 4.69) is 11.8 Å². The molecule has 0 aromatic heterocycles. The summed E-state index contributed by atoms with van der Waals surface area (Å²) in [5.74, 6) is 5.68. The van der Waals surface area contributed by atoms with Gasteiger partial charge in [0.2, 0.25) is 0 Å². The van der Waals surface area contributed by atoms with Gasteiger partial charge in [0.05, 0.1) is 17.6 Å². The second kappa shape index (κ2) is 4.12. The van der Waals surface area contributed by atoms with Crippen LogP contribution >= 0.6 is 0 Å². The first-order valence-corrected chi connectivity index (χ1v) is 6.15. The number of hydrogen-bond donors (Lipinski definition) is 1. The number of rotatable bonds is 2. The molecule has 0 aromatic carbocycles. The molecule has 1 saturated heterocycles. The summed E-state index contributed by atoms with van der Waals surface area (Å²) >= 11 is 0. The Morgan fingerprint density at radius 1 is 1.62 bits per heavy atom. The molecule has 1 aliphatic rings. The van der Waals surface area contributed by atoms with Crippen LogP contribution < -0.4 is 0 Å². The molecule has 3 nitrogen and oxygen atoms in total. The Morgan fingerprint density at radius 3 is 2.77 bits per heavy atom. The largest absolute Gasteiger partial charge is 0.392 e. The average molecular weight is 202 g/mol. The summed E-state index contributed by atoms with van der Waals surface area (Å²) in [6, 6.07) is 0. The molecule has 0 bridgehead atoms. The van der Waals surface area contributed by atoms with Crippen LogP contribution in [0.25, 0.3) is 0 Å². The van der Waals surface area contributed by atoms with Crippen molar-refractivity contribution in [2.24, 2.45) is 5.92 Å². The summed E-state index contributed by atoms with van der Waals surface area (Å²) < 4.78 is 22.1. The molecule has 1 fully saturated rings. The molecular weight excluding hydrogens is 188 g/mol. The molecule has 2 unspecified atom stereocenters. The zero-order chi connectivity index (χ0) is 9.90. The first-order valence-electron chi connectivity index (χ1n) is 4.33. The van der Waals surface area contributed by atoms with Gasteiger partial charge in [0.15, 0.2) is 9.84 Å². The van der Waals surface area contributed by atoms with E-state index in [0.29, 0.717) is 12.8 Å². The van der Waals surface area contributed by atoms with Crippen molar-refractivity contribution in [3.05, 3.63) is 0 Å². The molecule has 0 amide bonds. The van der Waals surface area contributed by atoms with E-state index < -0.39 is 15.9 Å². The number of hydrogen-bond acceptors (Lipinski definition) is 3. The second-order valence-corrected chi connectivity index (χ2v) is 5.59. The van der Waals surface area contributed by atoms with Gasteiger partial charge in [0.1, 0.15) is 0 Å². The molecular formula is C9H14O3S. The normalized spacial score (nSPS) is 27.7. The maximum Gasteiger partial charge on any atom is 0.150 e. The van der Waals surface area contributed by atoms with Gasteiger partial charge in [-0.3, -0.25) is 0 Å². The van der Waals surface area contributed by atoms with E-state index in [1.54, 1.807) is 6.92 Å². The summed E-state index contributed by atoms with van der Waals surface area (Å²) in [6.07, 6.45) is 0.385. The Hall–Kier alpha value is -0.530. The summed E-state index contributed by atoms with van der Waals surface area (Å²) in [7, 11) is -2.87. The van der Waals surface area contributed by atoms with Gasteiger partial charge in [-0.1, -0.05) is 0 Å². The lowest BCUT2D eigenvalue weighted by atomic mass is 10.00. The van der Waals surface area contributed by atoms with Crippen LogP contribution in [0.5, 0.6) is 0 Å². The van der Waals surface area contributed by atoms with E-state index >= 15 is 0 Å². The van der Waals surface area contributed by atoms with Crippen LogP contribution in [0, 0.1) is 17.8 Å². The van der Waals surface area contributed by atoms with Crippen molar-refractivity contribution in [1.82, 2.24) is 0 Å². The van der Waals surface area contributed by atoms with Crippen LogP contribution in [0.3, 0.4) is 0 Å². The van der Waals surface area contributed by atoms with Crippen LogP contribution in [0.4, 0.5) is 0 Å². The third-order valence-corrected chi connectivity index (χ3v) is 4.09. The minimum Gasteiger partial charge on any atom is -0.392 e. The minimum atomic E-state index is -2.87. The van der Waals surface area contributed by atoms with Crippen LogP contribution in [0.15, 0.2) is 0 Å². The highest BCUT2D eigenvalue weighted by atomic mass is 32.2. The van der Waals surface area contributed by atoms with Gasteiger partial charge in [-0.15, -0.1) is 11.8 Å². The van der Waals surface area contributed by atoms with Crippen molar-refractivity contribution in [2.75, 3.05) is 11.5 Å². The fourth-order valence-electron chi connectivity index (χ4n) is 1.50. The zero-order valence-electron chi connectivity index (χ0n) is 7.66. The first kappa shape index (κ1) is 10.6. The molecule has 2 atom stereocenters. The maximum absolute atomic E-state index is 11.1. The third-order valence-electron chi connectivity index (χ3n) is 2.30. The van der Waals surface area contributed by atoms with Crippen molar-refractivity contribution in [1.29, 1.82) is 0 Å². The van der Waals surface area contributed by atoms with Crippen molar-refractivity contribution in [3.8, 4) is 11.8 Å². The summed E-state index contributed by atoms with van der Waals surface area (Å²) in [5.41, 5.74) is 0. The maximum atomic E-state index is 11.1. The summed E-state index contributed by atoms with van der Waals surface area (Å²) in [6.45, 7) is 1.71. The molecule has 74 valence electrons. The van der Waals surface area contributed by atoms with Crippen LogP contribution in [-0.2, 0) is 9.84 Å². The van der Waals surface area contributed by atoms with E-state index in [9.17, 15) is 13.5 Å². The van der Waals surface area contributed by atoms with Gasteiger partial charge >= 0.3 is 0 Å². The molecule has 0 spiro atoms. The SMILES string of the molecule is CC#CCC(O)C1CCS(=O)(=O)C1. The van der Waals surface area contributed by atoms with E-state index in [4.69, 9.17) is 0 Å². The standard InChI is InChI=1S/C9H14O3S/c1-2-3-4-9(10)8-5-6-13(11,12)7-8/h8-10H,4-7H2,1H3. The van der Waals surface area contributed by atoms with Crippen molar-refractivity contribution < 1.29 is 13.5 Å². The molecule has 1 rings (SSSR count). The van der Waals surface area contributed by atoms with Gasteiger partial charge < -0.3 is 5.11 Å². The van der Waals surface area contributed by atoms with Gasteiger partial charge in [0.25, 0.3) is 0 Å². The fourth-order valence-corrected chi connectivity index (χ4v) is 3.37. The predicted molar refractivity (Wildman–Crippen MR) is 50.8 cm³/mol. The molecule has 13 heavy (non-hydrogen) atoms. The smallest absolute Gasteiger partial charge is 0.150 e. The fraction of sp³-hybridized carbons (Fsp3) is 0.778. The lowest BCUT2D eigenvalue weighted by Crippen LogP contribution is -2.20. The summed E-state index contributed by atoms with van der Waals surface area (Å²) in [5, 5.41) is 9.55. The van der Waals surface area contributed by atoms with Crippen molar-refractivity contribution in [2.45, 2.75) is 25.9 Å². The molecule has 0 aliphatic carbocycles. The van der Waals surface area contributed by atoms with E-state index in [1.165, 1.54) is 0 Å². The minimum absolute atomic E-state index is 0.106. The third kappa shape index (κ3) is 3.02. The number of aliphatic hydroxyl groups is 1. The van der Waals surface area contributed by atoms with E-state index in [-0.39, 0.29) is 17.4 Å². The molecule has 0 saturated carbocycles. The van der Waals surface area contributed by atoms with Gasteiger partial charge in [-0.05, 0) is 13.3 Å². The molecule has 1 N–H and O–H groups in total. The van der Waals surface area contributed by atoms with E-state index in [0.717, 1.165) is 0 Å². The van der Waals surface area contributed by atoms with Gasteiger partial charge in [0, 0.05) is 12.3 Å². The lowest BCUT2D eigenvalue weighted by molar-refractivity contribution is 0.125. The number of aliphatic hydroxyl groups excluding tert-OH is 1. The number of sulfone groups is 1. The molecule has 0 radical (unpaired) electrons. The van der Waals surface area contributed by atoms with Gasteiger partial charge in [-0.25, -0.2) is 8.42 Å². The molecule has 1 aliphatic heterocycles. The topological polar surface area (TPSA) is 54.4 Å². The van der Waals surface area contributed by atoms with Crippen LogP contribution in [-0.4, -0.2) is 31.1 Å². The summed E-state index contributed by atoms with van der Waals surface area (Å²) in [4.78, 5) is 0. The van der Waals surface area contributed by atoms with Gasteiger partial charge in [-0.2, -0.15) is 0 Å². The van der Waals surface area contributed by atoms with Crippen molar-refractivity contribution >= 4 is 9.84 Å². The Bertz CT molecular complexity index is 321. The lowest BCUT2D eigenvalue weighted by Gasteiger charge is -2.12. The molecule has 1 heterocycles. The Balaban J connectivity index is 2.49. The highest BCUT2D eigenvalue weighted by molar-refractivity contribution is 7.91. The first-order chi connectivity index (χ1) is 6.05. The second-order valence-electron chi connectivity index (χ2n) is 3.36.